The molecule has 0 bridgehead atoms. The number of rotatable bonds is 6. The van der Waals surface area contributed by atoms with Crippen molar-refractivity contribution in [3.8, 4) is 11.5 Å². The van der Waals surface area contributed by atoms with Gasteiger partial charge in [0.15, 0.2) is 18.2 Å². The van der Waals surface area contributed by atoms with E-state index in [0.717, 1.165) is 53.8 Å². The minimum absolute atomic E-state index is 0.118. The van der Waals surface area contributed by atoms with Crippen LogP contribution in [-0.2, 0) is 14.4 Å². The number of ether oxygens (including phenoxy) is 2. The number of hydrogen-bond acceptors (Lipinski definition) is 6. The Morgan fingerprint density at radius 1 is 0.973 bits per heavy atom. The van der Waals surface area contributed by atoms with Gasteiger partial charge in [0.05, 0.1) is 17.3 Å². The fourth-order valence-electron chi connectivity index (χ4n) is 5.58. The van der Waals surface area contributed by atoms with Gasteiger partial charge in [-0.2, -0.15) is 0 Å². The van der Waals surface area contributed by atoms with Gasteiger partial charge in [0.25, 0.3) is 5.91 Å². The van der Waals surface area contributed by atoms with E-state index in [-0.39, 0.29) is 30.0 Å². The van der Waals surface area contributed by atoms with Crippen molar-refractivity contribution in [2.75, 3.05) is 26.1 Å². The molecule has 1 amide bonds. The Hall–Kier alpha value is -3.39. The van der Waals surface area contributed by atoms with E-state index in [2.05, 4.69) is 26.1 Å². The maximum absolute atomic E-state index is 13.2. The number of nitrogens with zero attached hydrogens (tertiary/aromatic N) is 1. The average molecular weight is 565 g/mol. The average Bonchev–Trinajstić information content (AvgIpc) is 2.89. The van der Waals surface area contributed by atoms with Crippen LogP contribution < -0.4 is 14.8 Å². The minimum Gasteiger partial charge on any atom is -0.495 e. The van der Waals surface area contributed by atoms with Gasteiger partial charge >= 0.3 is 0 Å². The van der Waals surface area contributed by atoms with Crippen molar-refractivity contribution in [3.63, 3.8) is 0 Å². The third-order valence-corrected chi connectivity index (χ3v) is 7.89. The fourth-order valence-corrected chi connectivity index (χ4v) is 6.09. The number of methoxy groups -OCH3 is 1. The van der Waals surface area contributed by atoms with Crippen LogP contribution in [0.2, 0.25) is 0 Å². The number of carbonyl (C=O) groups excluding carboxylic acids is 3. The van der Waals surface area contributed by atoms with Gasteiger partial charge in [0.1, 0.15) is 11.5 Å². The van der Waals surface area contributed by atoms with Crippen LogP contribution in [0, 0.1) is 0 Å². The number of Topliss-reactive ketones (excluding diaryl/α,β-unsaturated/α-hetero) is 2. The van der Waals surface area contributed by atoms with Crippen LogP contribution in [0.5, 0.6) is 11.5 Å². The highest BCUT2D eigenvalue weighted by Crippen LogP contribution is 2.49. The number of nitrogens with one attached hydrogen (secondary N) is 1. The van der Waals surface area contributed by atoms with Crippen molar-refractivity contribution in [2.45, 2.75) is 44.4 Å². The second-order valence-corrected chi connectivity index (χ2v) is 10.3. The van der Waals surface area contributed by atoms with E-state index in [1.165, 1.54) is 0 Å². The van der Waals surface area contributed by atoms with E-state index in [1.807, 2.05) is 31.3 Å². The first-order chi connectivity index (χ1) is 17.9. The molecule has 0 saturated heterocycles. The zero-order valence-electron chi connectivity index (χ0n) is 20.9. The second kappa shape index (κ2) is 10.5. The van der Waals surface area contributed by atoms with Crippen LogP contribution >= 0.6 is 15.9 Å². The molecule has 37 heavy (non-hydrogen) atoms. The smallest absolute Gasteiger partial charge is 0.262 e. The molecule has 7 nitrogen and oxygen atoms in total. The molecule has 1 heterocycles. The lowest BCUT2D eigenvalue weighted by molar-refractivity contribution is -0.118. The number of halogens is 1. The fraction of sp³-hybridized carbons (Fsp3) is 0.345. The standard InChI is InChI=1S/C29H29BrN2O5/c1-32-20-8-5-10-22(33)28(20)27(29-21(32)9-6-11-23(29)34)17-13-14-24(18(30)15-17)37-16-26(35)31-19-7-3-4-12-25(19)36-2/h3-4,7,12-15,27H,5-6,8-11,16H2,1-2H3,(H,31,35). The summed E-state index contributed by atoms with van der Waals surface area (Å²) in [7, 11) is 3.53. The van der Waals surface area contributed by atoms with Crippen LogP contribution in [0.3, 0.4) is 0 Å². The van der Waals surface area contributed by atoms with Crippen molar-refractivity contribution in [3.05, 3.63) is 75.0 Å². The molecule has 0 fully saturated rings. The molecule has 1 N–H and O–H groups in total. The summed E-state index contributed by atoms with van der Waals surface area (Å²) in [4.78, 5) is 40.9. The number of ketones is 2. The monoisotopic (exact) mass is 564 g/mol. The third kappa shape index (κ3) is 4.82. The predicted octanol–water partition coefficient (Wildman–Crippen LogP) is 5.52. The molecule has 8 heteroatoms. The summed E-state index contributed by atoms with van der Waals surface area (Å²) in [5.74, 6) is 0.610. The molecule has 0 unspecified atom stereocenters. The predicted molar refractivity (Wildman–Crippen MR) is 144 cm³/mol. The number of anilines is 1. The van der Waals surface area contributed by atoms with Crippen molar-refractivity contribution in [1.82, 2.24) is 4.90 Å². The molecular weight excluding hydrogens is 536 g/mol. The molecule has 0 aromatic heterocycles. The summed E-state index contributed by atoms with van der Waals surface area (Å²) >= 11 is 3.58. The van der Waals surface area contributed by atoms with Crippen LogP contribution in [0.15, 0.2) is 69.5 Å². The van der Waals surface area contributed by atoms with Gasteiger partial charge in [-0.25, -0.2) is 0 Å². The Bertz CT molecular complexity index is 1300. The highest BCUT2D eigenvalue weighted by atomic mass is 79.9. The first kappa shape index (κ1) is 25.3. The highest BCUT2D eigenvalue weighted by Gasteiger charge is 2.42. The molecule has 2 aliphatic carbocycles. The maximum Gasteiger partial charge on any atom is 0.262 e. The summed E-state index contributed by atoms with van der Waals surface area (Å²) in [6.45, 7) is -0.189. The van der Waals surface area contributed by atoms with Crippen LogP contribution in [0.25, 0.3) is 0 Å². The lowest BCUT2D eigenvalue weighted by Gasteiger charge is -2.42. The topological polar surface area (TPSA) is 84.9 Å². The number of carbonyl (C=O) groups is 3. The highest BCUT2D eigenvalue weighted by molar-refractivity contribution is 9.10. The molecule has 2 aromatic rings. The molecule has 0 atom stereocenters. The van der Waals surface area contributed by atoms with Gasteiger partial charge in [-0.1, -0.05) is 18.2 Å². The Labute approximate surface area is 224 Å². The summed E-state index contributed by atoms with van der Waals surface area (Å²) in [5, 5.41) is 2.79. The summed E-state index contributed by atoms with van der Waals surface area (Å²) in [6.07, 6.45) is 4.34. The zero-order valence-corrected chi connectivity index (χ0v) is 22.5. The number of allylic oxidation sites excluding steroid dienone is 4. The summed E-state index contributed by atoms with van der Waals surface area (Å²) in [6, 6.07) is 12.8. The summed E-state index contributed by atoms with van der Waals surface area (Å²) < 4.78 is 11.7. The normalized spacial score (nSPS) is 18.0. The molecule has 0 saturated carbocycles. The molecule has 1 aliphatic heterocycles. The van der Waals surface area contributed by atoms with Gasteiger partial charge in [-0.3, -0.25) is 14.4 Å². The Kier molecular flexibility index (Phi) is 7.20. The van der Waals surface area contributed by atoms with Crippen molar-refractivity contribution < 1.29 is 23.9 Å². The molecular formula is C29H29BrN2O5. The van der Waals surface area contributed by atoms with E-state index in [9.17, 15) is 14.4 Å². The maximum atomic E-state index is 13.2. The lowest BCUT2D eigenvalue weighted by Crippen LogP contribution is -2.37. The quantitative estimate of drug-likeness (QED) is 0.497. The van der Waals surface area contributed by atoms with E-state index < -0.39 is 0 Å². The van der Waals surface area contributed by atoms with E-state index >= 15 is 0 Å². The molecule has 2 aromatic carbocycles. The minimum atomic E-state index is -0.374. The van der Waals surface area contributed by atoms with Crippen LogP contribution in [0.4, 0.5) is 5.69 Å². The van der Waals surface area contributed by atoms with Crippen molar-refractivity contribution in [2.24, 2.45) is 0 Å². The largest absolute Gasteiger partial charge is 0.495 e. The third-order valence-electron chi connectivity index (χ3n) is 7.27. The second-order valence-electron chi connectivity index (χ2n) is 9.49. The number of hydrogen-bond donors (Lipinski definition) is 1. The molecule has 5 rings (SSSR count). The lowest BCUT2D eigenvalue weighted by atomic mass is 9.71. The van der Waals surface area contributed by atoms with Gasteiger partial charge in [-0.15, -0.1) is 0 Å². The number of para-hydroxylation sites is 2. The number of amides is 1. The molecule has 3 aliphatic rings. The molecule has 192 valence electrons. The first-order valence-corrected chi connectivity index (χ1v) is 13.3. The summed E-state index contributed by atoms with van der Waals surface area (Å²) in [5.41, 5.74) is 5.02. The van der Waals surface area contributed by atoms with Gasteiger partial charge in [-0.05, 0) is 71.4 Å². The zero-order chi connectivity index (χ0) is 26.1. The van der Waals surface area contributed by atoms with Gasteiger partial charge < -0.3 is 19.7 Å². The van der Waals surface area contributed by atoms with E-state index in [1.54, 1.807) is 25.3 Å². The Morgan fingerprint density at radius 3 is 2.24 bits per heavy atom. The van der Waals surface area contributed by atoms with Gasteiger partial charge in [0.2, 0.25) is 0 Å². The van der Waals surface area contributed by atoms with Crippen molar-refractivity contribution in [1.29, 1.82) is 0 Å². The van der Waals surface area contributed by atoms with Crippen LogP contribution in [-0.4, -0.2) is 43.1 Å². The first-order valence-electron chi connectivity index (χ1n) is 12.5. The van der Waals surface area contributed by atoms with Gasteiger partial charge in [0, 0.05) is 48.3 Å². The van der Waals surface area contributed by atoms with Crippen molar-refractivity contribution >= 4 is 39.1 Å². The molecule has 0 spiro atoms. The Balaban J connectivity index is 1.40. The number of benzene rings is 2. The van der Waals surface area contributed by atoms with E-state index in [0.29, 0.717) is 34.5 Å². The molecule has 0 radical (unpaired) electrons. The van der Waals surface area contributed by atoms with E-state index in [4.69, 9.17) is 9.47 Å². The van der Waals surface area contributed by atoms with Crippen LogP contribution in [0.1, 0.15) is 50.0 Å². The Morgan fingerprint density at radius 2 is 1.62 bits per heavy atom. The SMILES string of the molecule is COc1ccccc1NC(=O)COc1ccc(C2C3=C(CCCC3=O)N(C)C3=C2C(=O)CCC3)cc1Br.